The van der Waals surface area contributed by atoms with Crippen LogP contribution < -0.4 is 5.32 Å². The van der Waals surface area contributed by atoms with Crippen molar-refractivity contribution in [1.82, 2.24) is 24.9 Å². The lowest BCUT2D eigenvalue weighted by Crippen LogP contribution is -2.54. The molecule has 0 spiro atoms. The Hall–Kier alpha value is -1.71. The minimum absolute atomic E-state index is 0.0820. The number of nitrogens with one attached hydrogen (secondary N) is 1. The summed E-state index contributed by atoms with van der Waals surface area (Å²) < 4.78 is 4.84. The highest BCUT2D eigenvalue weighted by molar-refractivity contribution is 5.83. The Bertz CT molecular complexity index is 718. The second-order valence-electron chi connectivity index (χ2n) is 10.4. The van der Waals surface area contributed by atoms with Gasteiger partial charge in [-0.05, 0) is 65.7 Å². The molecule has 3 atom stereocenters. The van der Waals surface area contributed by atoms with Crippen LogP contribution in [-0.2, 0) is 19.1 Å². The van der Waals surface area contributed by atoms with Crippen LogP contribution in [-0.4, -0.2) is 122 Å². The Morgan fingerprint density at radius 3 is 2.36 bits per heavy atom. The van der Waals surface area contributed by atoms with E-state index in [2.05, 4.69) is 34.1 Å². The number of hydrogen-bond acceptors (Lipinski definition) is 7. The maximum absolute atomic E-state index is 13.1. The van der Waals surface area contributed by atoms with E-state index in [0.717, 1.165) is 45.3 Å². The molecular formula is C24H41N5O4. The van der Waals surface area contributed by atoms with Crippen LogP contribution in [0.2, 0.25) is 0 Å². The lowest BCUT2D eigenvalue weighted by atomic mass is 9.96. The number of ether oxygens (including phenoxy) is 1. The van der Waals surface area contributed by atoms with Gasteiger partial charge in [0.25, 0.3) is 0 Å². The van der Waals surface area contributed by atoms with Crippen molar-refractivity contribution in [3.63, 3.8) is 0 Å². The van der Waals surface area contributed by atoms with Crippen LogP contribution in [0.1, 0.15) is 44.9 Å². The summed E-state index contributed by atoms with van der Waals surface area (Å²) in [5, 5.41) is 3.19. The van der Waals surface area contributed by atoms with Crippen molar-refractivity contribution in [3.05, 3.63) is 0 Å². The number of nitrogens with zero attached hydrogens (tertiary/aromatic N) is 4. The number of carbonyl (C=O) groups is 3. The van der Waals surface area contributed by atoms with Crippen molar-refractivity contribution in [2.45, 2.75) is 69.1 Å². The molecule has 0 aromatic heterocycles. The highest BCUT2D eigenvalue weighted by Crippen LogP contribution is 2.31. The van der Waals surface area contributed by atoms with Crippen LogP contribution >= 0.6 is 0 Å². The van der Waals surface area contributed by atoms with Gasteiger partial charge in [0.15, 0.2) is 0 Å². The van der Waals surface area contributed by atoms with Gasteiger partial charge in [0.2, 0.25) is 11.8 Å². The van der Waals surface area contributed by atoms with Crippen molar-refractivity contribution in [2.75, 3.05) is 60.5 Å². The van der Waals surface area contributed by atoms with E-state index in [9.17, 15) is 14.4 Å². The second-order valence-corrected chi connectivity index (χ2v) is 10.4. The summed E-state index contributed by atoms with van der Waals surface area (Å²) in [6.07, 6.45) is 5.82. The third-order valence-corrected chi connectivity index (χ3v) is 8.52. The van der Waals surface area contributed by atoms with Gasteiger partial charge in [-0.3, -0.25) is 24.2 Å². The smallest absolute Gasteiger partial charge is 0.308 e. The minimum Gasteiger partial charge on any atom is -0.469 e. The molecule has 4 fully saturated rings. The molecule has 4 rings (SSSR count). The first-order chi connectivity index (χ1) is 15.9. The summed E-state index contributed by atoms with van der Waals surface area (Å²) in [5.74, 6) is 0.0487. The van der Waals surface area contributed by atoms with Crippen molar-refractivity contribution in [1.29, 1.82) is 0 Å². The molecule has 33 heavy (non-hydrogen) atoms. The average molecular weight is 464 g/mol. The van der Waals surface area contributed by atoms with Crippen LogP contribution in [0.15, 0.2) is 0 Å². The number of rotatable bonds is 5. The number of likely N-dealkylation sites (N-methyl/N-ethyl adjacent to an activating group) is 1. The zero-order chi connectivity index (χ0) is 23.5. The molecule has 4 aliphatic heterocycles. The lowest BCUT2D eigenvalue weighted by molar-refractivity contribution is -0.149. The van der Waals surface area contributed by atoms with Gasteiger partial charge in [0.05, 0.1) is 13.0 Å². The minimum atomic E-state index is -0.168. The van der Waals surface area contributed by atoms with Crippen LogP contribution in [0.5, 0.6) is 0 Å². The number of methoxy groups -OCH3 is 1. The summed E-state index contributed by atoms with van der Waals surface area (Å²) in [6, 6.07) is 0.781. The number of esters is 1. The SMILES string of the molecule is COC(=O)C1CCN(C(=O)CCC2CNC(=O)C3C(CCN3C3CCN(C)CC3)N2C)CC1. The molecule has 2 amide bonds. The molecule has 9 heteroatoms. The maximum atomic E-state index is 13.1. The fourth-order valence-electron chi connectivity index (χ4n) is 6.31. The summed E-state index contributed by atoms with van der Waals surface area (Å²) in [5.41, 5.74) is 0. The molecule has 0 aliphatic carbocycles. The molecule has 0 aromatic carbocycles. The molecule has 0 radical (unpaired) electrons. The van der Waals surface area contributed by atoms with E-state index in [1.54, 1.807) is 0 Å². The number of carbonyl (C=O) groups excluding carboxylic acids is 3. The van der Waals surface area contributed by atoms with Crippen LogP contribution in [0.4, 0.5) is 0 Å². The van der Waals surface area contributed by atoms with Gasteiger partial charge in [-0.2, -0.15) is 0 Å². The number of hydrogen-bond donors (Lipinski definition) is 1. The Morgan fingerprint density at radius 1 is 1.00 bits per heavy atom. The monoisotopic (exact) mass is 463 g/mol. The van der Waals surface area contributed by atoms with Gasteiger partial charge in [0.1, 0.15) is 6.04 Å². The highest BCUT2D eigenvalue weighted by atomic mass is 16.5. The summed E-state index contributed by atoms with van der Waals surface area (Å²) in [6.45, 7) is 5.00. The summed E-state index contributed by atoms with van der Waals surface area (Å²) in [4.78, 5) is 46.8. The van der Waals surface area contributed by atoms with E-state index in [0.29, 0.717) is 44.9 Å². The molecule has 3 unspecified atom stereocenters. The molecule has 9 nitrogen and oxygen atoms in total. The molecule has 0 aromatic rings. The molecule has 0 saturated carbocycles. The lowest BCUT2D eigenvalue weighted by Gasteiger charge is -2.39. The molecule has 4 heterocycles. The first-order valence-electron chi connectivity index (χ1n) is 12.7. The van der Waals surface area contributed by atoms with Gasteiger partial charge in [-0.25, -0.2) is 0 Å². The Kier molecular flexibility index (Phi) is 7.91. The highest BCUT2D eigenvalue weighted by Gasteiger charge is 2.47. The largest absolute Gasteiger partial charge is 0.469 e. The Balaban J connectivity index is 1.30. The number of amides is 2. The molecule has 186 valence electrons. The topological polar surface area (TPSA) is 85.4 Å². The van der Waals surface area contributed by atoms with Crippen LogP contribution in [0.3, 0.4) is 0 Å². The predicted octanol–water partition coefficient (Wildman–Crippen LogP) is 0.146. The van der Waals surface area contributed by atoms with Gasteiger partial charge in [0, 0.05) is 50.7 Å². The van der Waals surface area contributed by atoms with Crippen molar-refractivity contribution in [2.24, 2.45) is 5.92 Å². The normalized spacial score (nSPS) is 31.2. The van der Waals surface area contributed by atoms with E-state index in [1.807, 2.05) is 4.90 Å². The zero-order valence-electron chi connectivity index (χ0n) is 20.5. The van der Waals surface area contributed by atoms with E-state index in [-0.39, 0.29) is 41.8 Å². The van der Waals surface area contributed by atoms with Gasteiger partial charge in [-0.1, -0.05) is 0 Å². The summed E-state index contributed by atoms with van der Waals surface area (Å²) in [7, 11) is 5.72. The van der Waals surface area contributed by atoms with E-state index in [4.69, 9.17) is 4.74 Å². The standard InChI is InChI=1S/C24H41N5O4/c1-26-11-8-18(9-12-26)29-15-10-20-22(29)23(31)25-16-19(27(20)2)4-5-21(30)28-13-6-17(7-14-28)24(32)33-3/h17-20,22H,4-16H2,1-3H3,(H,25,31). The summed E-state index contributed by atoms with van der Waals surface area (Å²) >= 11 is 0. The van der Waals surface area contributed by atoms with E-state index >= 15 is 0 Å². The van der Waals surface area contributed by atoms with Crippen molar-refractivity contribution < 1.29 is 19.1 Å². The second kappa shape index (κ2) is 10.7. The fourth-order valence-corrected chi connectivity index (χ4v) is 6.31. The molecule has 4 aliphatic rings. The van der Waals surface area contributed by atoms with E-state index < -0.39 is 0 Å². The van der Waals surface area contributed by atoms with Gasteiger partial charge < -0.3 is 19.9 Å². The molecule has 0 bridgehead atoms. The molecule has 1 N–H and O–H groups in total. The number of fused-ring (bicyclic) bond motifs is 1. The molecular weight excluding hydrogens is 422 g/mol. The van der Waals surface area contributed by atoms with Crippen molar-refractivity contribution >= 4 is 17.8 Å². The Labute approximate surface area is 197 Å². The number of piperidine rings is 2. The quantitative estimate of drug-likeness (QED) is 0.581. The van der Waals surface area contributed by atoms with Crippen LogP contribution in [0.25, 0.3) is 0 Å². The number of likely N-dealkylation sites (tertiary alicyclic amines) is 3. The Morgan fingerprint density at radius 2 is 1.70 bits per heavy atom. The first kappa shape index (κ1) is 24.4. The predicted molar refractivity (Wildman–Crippen MR) is 125 cm³/mol. The van der Waals surface area contributed by atoms with Crippen molar-refractivity contribution in [3.8, 4) is 0 Å². The zero-order valence-corrected chi connectivity index (χ0v) is 20.5. The fraction of sp³-hybridized carbons (Fsp3) is 0.875. The van der Waals surface area contributed by atoms with E-state index in [1.165, 1.54) is 7.11 Å². The maximum Gasteiger partial charge on any atom is 0.308 e. The average Bonchev–Trinajstić information content (AvgIpc) is 3.24. The molecule has 4 saturated heterocycles. The van der Waals surface area contributed by atoms with Crippen LogP contribution in [0, 0.1) is 5.92 Å². The third kappa shape index (κ3) is 5.35. The van der Waals surface area contributed by atoms with Gasteiger partial charge >= 0.3 is 5.97 Å². The first-order valence-corrected chi connectivity index (χ1v) is 12.7. The van der Waals surface area contributed by atoms with Gasteiger partial charge in [-0.15, -0.1) is 0 Å². The third-order valence-electron chi connectivity index (χ3n) is 8.52.